The van der Waals surface area contributed by atoms with Gasteiger partial charge in [0.1, 0.15) is 28.1 Å². The van der Waals surface area contributed by atoms with Gasteiger partial charge in [-0.05, 0) is 117 Å². The molecular formula is C38H28Cl2F2N2O6. The number of anilines is 2. The van der Waals surface area contributed by atoms with E-state index in [0.29, 0.717) is 0 Å². The van der Waals surface area contributed by atoms with Gasteiger partial charge in [0.2, 0.25) is 11.8 Å². The summed E-state index contributed by atoms with van der Waals surface area (Å²) in [6.07, 6.45) is 0. The van der Waals surface area contributed by atoms with Crippen molar-refractivity contribution in [3.8, 4) is 0 Å². The Bertz CT molecular complexity index is 2010. The highest BCUT2D eigenvalue weighted by Gasteiger charge is 2.83. The van der Waals surface area contributed by atoms with Crippen molar-refractivity contribution in [2.45, 2.75) is 37.2 Å². The first-order valence-corrected chi connectivity index (χ1v) is 16.4. The molecule has 12 heteroatoms. The summed E-state index contributed by atoms with van der Waals surface area (Å²) in [5.74, 6) is -11.9. The van der Waals surface area contributed by atoms with E-state index in [0.717, 1.165) is 24.3 Å². The van der Waals surface area contributed by atoms with Crippen molar-refractivity contribution in [1.29, 1.82) is 0 Å². The second-order valence-corrected chi connectivity index (χ2v) is 14.5. The maximum absolute atomic E-state index is 15.4. The molecule has 0 saturated heterocycles. The van der Waals surface area contributed by atoms with Gasteiger partial charge in [0, 0.05) is 32.5 Å². The molecule has 4 unspecified atom stereocenters. The second-order valence-electron chi connectivity index (χ2n) is 13.7. The zero-order valence-electron chi connectivity index (χ0n) is 26.8. The molecule has 1 fully saturated rings. The van der Waals surface area contributed by atoms with Gasteiger partial charge in [-0.2, -0.15) is 0 Å². The first-order chi connectivity index (χ1) is 23.6. The lowest BCUT2D eigenvalue weighted by Gasteiger charge is -2.42. The van der Waals surface area contributed by atoms with Crippen molar-refractivity contribution < 1.29 is 37.5 Å². The minimum atomic E-state index is -2.50. The van der Waals surface area contributed by atoms with Crippen LogP contribution < -0.4 is 10.6 Å². The summed E-state index contributed by atoms with van der Waals surface area (Å²) in [7, 11) is 0. The molecule has 4 aromatic rings. The Morgan fingerprint density at radius 1 is 0.660 bits per heavy atom. The molecule has 2 spiro atoms. The van der Waals surface area contributed by atoms with Crippen LogP contribution in [0.15, 0.2) is 84.9 Å². The fraction of sp³-hybridized carbons (Fsp3) is 0.237. The van der Waals surface area contributed by atoms with Crippen molar-refractivity contribution in [3.05, 3.63) is 129 Å². The number of hydrogen-bond acceptors (Lipinski definition) is 6. The van der Waals surface area contributed by atoms with E-state index in [9.17, 15) is 4.79 Å². The maximum atomic E-state index is 15.4. The molecule has 0 bridgehead atoms. The number of rotatable bonds is 5. The number of nitrogens with one attached hydrogen (secondary N) is 2. The maximum Gasteiger partial charge on any atom is 0.311 e. The monoisotopic (exact) mass is 716 g/mol. The predicted octanol–water partition coefficient (Wildman–Crippen LogP) is 7.32. The zero-order valence-corrected chi connectivity index (χ0v) is 28.3. The normalized spacial score (nSPS) is 24.9. The Hall–Kier alpha value is -4.93. The van der Waals surface area contributed by atoms with Gasteiger partial charge in [-0.25, -0.2) is 8.78 Å². The highest BCUT2D eigenvalue weighted by molar-refractivity contribution is 6.31. The summed E-state index contributed by atoms with van der Waals surface area (Å²) < 4.78 is 36.7. The summed E-state index contributed by atoms with van der Waals surface area (Å²) in [4.78, 5) is 75.1. The number of amides is 2. The van der Waals surface area contributed by atoms with Gasteiger partial charge in [-0.15, -0.1) is 0 Å². The number of carbonyl (C=O) groups excluding carboxylic acids is 5. The summed E-state index contributed by atoms with van der Waals surface area (Å²) in [6, 6.07) is 18.0. The summed E-state index contributed by atoms with van der Waals surface area (Å²) >= 11 is 12.3. The van der Waals surface area contributed by atoms with Crippen LogP contribution in [0.4, 0.5) is 20.2 Å². The molecular weight excluding hydrogens is 689 g/mol. The number of ether oxygens (including phenoxy) is 1. The van der Waals surface area contributed by atoms with Gasteiger partial charge >= 0.3 is 5.97 Å². The molecule has 0 radical (unpaired) electrons. The van der Waals surface area contributed by atoms with Crippen LogP contribution >= 0.6 is 23.2 Å². The minimum Gasteiger partial charge on any atom is -0.460 e. The number of esters is 1. The number of hydrogen-bond donors (Lipinski definition) is 2. The smallest absolute Gasteiger partial charge is 0.311 e. The molecule has 2 N–H and O–H groups in total. The summed E-state index contributed by atoms with van der Waals surface area (Å²) in [5, 5.41) is 5.97. The molecule has 254 valence electrons. The average molecular weight is 718 g/mol. The van der Waals surface area contributed by atoms with Crippen LogP contribution in [0.2, 0.25) is 10.0 Å². The van der Waals surface area contributed by atoms with E-state index in [1.807, 2.05) is 0 Å². The SMILES string of the molecule is CC(C)(C)OC(=O)C1C(C(=O)c2ccc(Cl)cc2)C2(C(=O)Nc3ccc(F)cc32)C2(C(=O)Nc3ccc(F)cc32)C1C(=O)c1ccc(Cl)cc1. The highest BCUT2D eigenvalue weighted by Crippen LogP contribution is 2.70. The van der Waals surface area contributed by atoms with E-state index < -0.39 is 75.2 Å². The molecule has 3 aliphatic rings. The number of fused-ring (bicyclic) bond motifs is 5. The standard InChI is InChI=1S/C38H28Cl2F2N2O6/c1-36(2,3)50-33(47)28-29(31(45)18-4-8-20(39)9-5-18)37(24-16-22(41)12-14-26(24)43-34(37)48)38(25-17-23(42)13-15-27(25)44-35(38)49)30(28)32(46)19-6-10-21(40)11-7-19/h4-17,28-30H,1-3H3,(H,43,48)(H,44,49). The Morgan fingerprint density at radius 2 is 1.04 bits per heavy atom. The van der Waals surface area contributed by atoms with E-state index in [4.69, 9.17) is 27.9 Å². The number of Topliss-reactive ketones (excluding diaryl/α,β-unsaturated/α-hetero) is 2. The van der Waals surface area contributed by atoms with Crippen LogP contribution in [-0.4, -0.2) is 35.0 Å². The van der Waals surface area contributed by atoms with Crippen LogP contribution in [0.25, 0.3) is 0 Å². The van der Waals surface area contributed by atoms with E-state index >= 15 is 28.0 Å². The lowest BCUT2D eigenvalue weighted by Crippen LogP contribution is -2.61. The average Bonchev–Trinajstić information content (AvgIpc) is 3.62. The molecule has 2 aliphatic heterocycles. The fourth-order valence-electron chi connectivity index (χ4n) is 8.16. The van der Waals surface area contributed by atoms with Gasteiger partial charge in [0.25, 0.3) is 0 Å². The molecule has 4 aromatic carbocycles. The van der Waals surface area contributed by atoms with Gasteiger partial charge in [-0.1, -0.05) is 23.2 Å². The van der Waals surface area contributed by atoms with E-state index in [1.54, 1.807) is 20.8 Å². The van der Waals surface area contributed by atoms with Gasteiger partial charge in [-0.3, -0.25) is 24.0 Å². The molecule has 2 amide bonds. The van der Waals surface area contributed by atoms with E-state index in [2.05, 4.69) is 10.6 Å². The zero-order chi connectivity index (χ0) is 35.9. The molecule has 0 aromatic heterocycles. The van der Waals surface area contributed by atoms with E-state index in [-0.39, 0.29) is 43.7 Å². The largest absolute Gasteiger partial charge is 0.460 e. The van der Waals surface area contributed by atoms with Crippen molar-refractivity contribution in [2.75, 3.05) is 10.6 Å². The number of halogens is 4. The van der Waals surface area contributed by atoms with Crippen molar-refractivity contribution in [2.24, 2.45) is 17.8 Å². The molecule has 50 heavy (non-hydrogen) atoms. The number of carbonyl (C=O) groups is 5. The molecule has 2 heterocycles. The fourth-order valence-corrected chi connectivity index (χ4v) is 8.41. The topological polar surface area (TPSA) is 119 Å². The number of benzene rings is 4. The summed E-state index contributed by atoms with van der Waals surface area (Å²) in [5.41, 5.74) is -6.42. The molecule has 1 saturated carbocycles. The predicted molar refractivity (Wildman–Crippen MR) is 181 cm³/mol. The van der Waals surface area contributed by atoms with E-state index in [1.165, 1.54) is 60.7 Å². The first kappa shape index (κ1) is 33.6. The lowest BCUT2D eigenvalue weighted by molar-refractivity contribution is -0.162. The Morgan fingerprint density at radius 3 is 1.40 bits per heavy atom. The number of ketones is 2. The molecule has 1 aliphatic carbocycles. The summed E-state index contributed by atoms with van der Waals surface area (Å²) in [6.45, 7) is 4.74. The third-order valence-electron chi connectivity index (χ3n) is 9.80. The molecule has 8 nitrogen and oxygen atoms in total. The van der Waals surface area contributed by atoms with Crippen LogP contribution in [0.5, 0.6) is 0 Å². The lowest BCUT2D eigenvalue weighted by atomic mass is 9.53. The quantitative estimate of drug-likeness (QED) is 0.165. The Labute approximate surface area is 295 Å². The second kappa shape index (κ2) is 11.6. The minimum absolute atomic E-state index is 0.0161. The van der Waals surface area contributed by atoms with Crippen LogP contribution in [0.3, 0.4) is 0 Å². The van der Waals surface area contributed by atoms with Gasteiger partial charge < -0.3 is 15.4 Å². The highest BCUT2D eigenvalue weighted by atomic mass is 35.5. The van der Waals surface area contributed by atoms with Crippen molar-refractivity contribution in [1.82, 2.24) is 0 Å². The van der Waals surface area contributed by atoms with Crippen molar-refractivity contribution in [3.63, 3.8) is 0 Å². The van der Waals surface area contributed by atoms with Gasteiger partial charge in [0.05, 0.1) is 17.8 Å². The van der Waals surface area contributed by atoms with Crippen molar-refractivity contribution >= 4 is 63.9 Å². The van der Waals surface area contributed by atoms with Crippen LogP contribution in [-0.2, 0) is 30.0 Å². The molecule has 7 rings (SSSR count). The third-order valence-corrected chi connectivity index (χ3v) is 10.3. The molecule has 4 atom stereocenters. The first-order valence-electron chi connectivity index (χ1n) is 15.7. The third kappa shape index (κ3) is 4.72. The Kier molecular flexibility index (Phi) is 7.76. The van der Waals surface area contributed by atoms with Gasteiger partial charge in [0.15, 0.2) is 11.6 Å². The van der Waals surface area contributed by atoms with Crippen LogP contribution in [0, 0.1) is 29.4 Å². The van der Waals surface area contributed by atoms with Crippen LogP contribution in [0.1, 0.15) is 52.6 Å². The Balaban J connectivity index is 1.68.